The second-order valence-electron chi connectivity index (χ2n) is 4.64. The summed E-state index contributed by atoms with van der Waals surface area (Å²) in [6.07, 6.45) is -7.38. The van der Waals surface area contributed by atoms with Gasteiger partial charge in [0.2, 0.25) is 0 Å². The number of fused-ring (bicyclic) bond motifs is 1. The Balaban J connectivity index is 2.06. The summed E-state index contributed by atoms with van der Waals surface area (Å²) in [7, 11) is 0. The van der Waals surface area contributed by atoms with Crippen LogP contribution in [0.5, 0.6) is 0 Å². The van der Waals surface area contributed by atoms with Crippen molar-refractivity contribution in [3.8, 4) is 0 Å². The van der Waals surface area contributed by atoms with Crippen molar-refractivity contribution in [2.24, 2.45) is 0 Å². The molecule has 0 aromatic heterocycles. The third-order valence-corrected chi connectivity index (χ3v) is 3.12. The molecule has 1 N–H and O–H groups in total. The second-order valence-corrected chi connectivity index (χ2v) is 4.64. The Hall–Kier alpha value is -1.59. The van der Waals surface area contributed by atoms with E-state index in [0.717, 1.165) is 17.7 Å². The van der Waals surface area contributed by atoms with E-state index in [2.05, 4.69) is 4.74 Å². The Morgan fingerprint density at radius 1 is 1.10 bits per heavy atom. The zero-order valence-corrected chi connectivity index (χ0v) is 10.9. The molecule has 2 rings (SSSR count). The van der Waals surface area contributed by atoms with Crippen LogP contribution in [0.25, 0.3) is 10.8 Å². The average Bonchev–Trinajstić information content (AvgIpc) is 2.42. The average molecular weight is 284 g/mol. The first-order chi connectivity index (χ1) is 9.38. The molecule has 0 bridgehead atoms. The van der Waals surface area contributed by atoms with E-state index in [1.807, 2.05) is 30.3 Å². The van der Waals surface area contributed by atoms with Gasteiger partial charge in [-0.25, -0.2) is 0 Å². The van der Waals surface area contributed by atoms with Gasteiger partial charge in [-0.05, 0) is 29.3 Å². The summed E-state index contributed by atoms with van der Waals surface area (Å²) in [6, 6.07) is 12.8. The molecule has 0 aliphatic heterocycles. The highest BCUT2D eigenvalue weighted by molar-refractivity contribution is 5.83. The van der Waals surface area contributed by atoms with E-state index in [9.17, 15) is 18.3 Å². The molecular weight excluding hydrogens is 269 g/mol. The van der Waals surface area contributed by atoms with Crippen LogP contribution in [0.2, 0.25) is 0 Å². The largest absolute Gasteiger partial charge is 0.414 e. The standard InChI is InChI=1S/C15H15F3O2/c1-10(15(16,17)18)20-9-14(19)13-7-6-11-4-2-3-5-12(11)8-13/h2-8,10,14,19H,9H2,1H3. The Bertz CT molecular complexity index is 581. The Labute approximate surface area is 114 Å². The Kier molecular flexibility index (Phi) is 4.30. The van der Waals surface area contributed by atoms with Crippen molar-refractivity contribution in [1.29, 1.82) is 0 Å². The SMILES string of the molecule is CC(OCC(O)c1ccc2ccccc2c1)C(F)(F)F. The molecule has 0 aliphatic carbocycles. The Morgan fingerprint density at radius 3 is 2.40 bits per heavy atom. The van der Waals surface area contributed by atoms with Crippen LogP contribution in [0.4, 0.5) is 13.2 Å². The molecule has 0 aliphatic rings. The van der Waals surface area contributed by atoms with E-state index in [0.29, 0.717) is 5.56 Å². The maximum Gasteiger partial charge on any atom is 0.414 e. The van der Waals surface area contributed by atoms with E-state index >= 15 is 0 Å². The predicted octanol–water partition coefficient (Wildman–Crippen LogP) is 3.84. The maximum atomic E-state index is 12.3. The smallest absolute Gasteiger partial charge is 0.386 e. The summed E-state index contributed by atoms with van der Waals surface area (Å²) in [6.45, 7) is 0.534. The summed E-state index contributed by atoms with van der Waals surface area (Å²) in [5.41, 5.74) is 0.540. The molecule has 2 aromatic carbocycles. The topological polar surface area (TPSA) is 29.5 Å². The fourth-order valence-corrected chi connectivity index (χ4v) is 1.84. The molecule has 2 nitrogen and oxygen atoms in total. The zero-order valence-electron chi connectivity index (χ0n) is 10.9. The summed E-state index contributed by atoms with van der Waals surface area (Å²) in [4.78, 5) is 0. The van der Waals surface area contributed by atoms with E-state index in [4.69, 9.17) is 0 Å². The Morgan fingerprint density at radius 2 is 1.75 bits per heavy atom. The van der Waals surface area contributed by atoms with Crippen LogP contribution in [-0.4, -0.2) is 24.0 Å². The van der Waals surface area contributed by atoms with Crippen LogP contribution in [0.1, 0.15) is 18.6 Å². The number of halogens is 3. The number of benzene rings is 2. The first-order valence-corrected chi connectivity index (χ1v) is 6.23. The van der Waals surface area contributed by atoms with Gasteiger partial charge in [0.25, 0.3) is 0 Å². The van der Waals surface area contributed by atoms with E-state index < -0.39 is 18.4 Å². The van der Waals surface area contributed by atoms with Gasteiger partial charge >= 0.3 is 6.18 Å². The van der Waals surface area contributed by atoms with Crippen molar-refractivity contribution in [2.75, 3.05) is 6.61 Å². The highest BCUT2D eigenvalue weighted by Gasteiger charge is 2.37. The highest BCUT2D eigenvalue weighted by atomic mass is 19.4. The number of aliphatic hydroxyl groups is 1. The van der Waals surface area contributed by atoms with Crippen LogP contribution < -0.4 is 0 Å². The fourth-order valence-electron chi connectivity index (χ4n) is 1.84. The number of alkyl halides is 3. The first kappa shape index (κ1) is 14.8. The van der Waals surface area contributed by atoms with Crippen LogP contribution in [0, 0.1) is 0 Å². The van der Waals surface area contributed by atoms with E-state index in [1.54, 1.807) is 12.1 Å². The number of hydrogen-bond acceptors (Lipinski definition) is 2. The molecule has 0 saturated carbocycles. The van der Waals surface area contributed by atoms with Crippen molar-refractivity contribution < 1.29 is 23.0 Å². The lowest BCUT2D eigenvalue weighted by Crippen LogP contribution is -2.30. The van der Waals surface area contributed by atoms with Gasteiger partial charge in [0, 0.05) is 0 Å². The second kappa shape index (κ2) is 5.81. The molecule has 0 amide bonds. The van der Waals surface area contributed by atoms with Crippen molar-refractivity contribution in [1.82, 2.24) is 0 Å². The monoisotopic (exact) mass is 284 g/mol. The molecule has 2 aromatic rings. The quantitative estimate of drug-likeness (QED) is 0.924. The maximum absolute atomic E-state index is 12.3. The van der Waals surface area contributed by atoms with Crippen molar-refractivity contribution in [3.63, 3.8) is 0 Å². The van der Waals surface area contributed by atoms with Gasteiger partial charge in [-0.3, -0.25) is 0 Å². The fraction of sp³-hybridized carbons (Fsp3) is 0.333. The van der Waals surface area contributed by atoms with Gasteiger partial charge in [0.05, 0.1) is 6.61 Å². The normalized spacial score (nSPS) is 15.2. The van der Waals surface area contributed by atoms with Crippen LogP contribution in [0.15, 0.2) is 42.5 Å². The summed E-state index contributed by atoms with van der Waals surface area (Å²) >= 11 is 0. The lowest BCUT2D eigenvalue weighted by Gasteiger charge is -2.19. The highest BCUT2D eigenvalue weighted by Crippen LogP contribution is 2.25. The van der Waals surface area contributed by atoms with Crippen molar-refractivity contribution >= 4 is 10.8 Å². The van der Waals surface area contributed by atoms with Gasteiger partial charge in [0.1, 0.15) is 6.10 Å². The number of rotatable bonds is 4. The molecule has 0 saturated heterocycles. The minimum absolute atomic E-state index is 0.390. The van der Waals surface area contributed by atoms with Gasteiger partial charge < -0.3 is 9.84 Å². The molecule has 0 radical (unpaired) electrons. The van der Waals surface area contributed by atoms with Gasteiger partial charge in [-0.2, -0.15) is 13.2 Å². The molecule has 5 heteroatoms. The van der Waals surface area contributed by atoms with Crippen LogP contribution in [0.3, 0.4) is 0 Å². The first-order valence-electron chi connectivity index (χ1n) is 6.23. The number of hydrogen-bond donors (Lipinski definition) is 1. The molecule has 2 atom stereocenters. The molecule has 0 heterocycles. The minimum Gasteiger partial charge on any atom is -0.386 e. The molecule has 0 fully saturated rings. The number of ether oxygens (including phenoxy) is 1. The zero-order chi connectivity index (χ0) is 14.8. The lowest BCUT2D eigenvalue weighted by atomic mass is 10.0. The third-order valence-electron chi connectivity index (χ3n) is 3.12. The predicted molar refractivity (Wildman–Crippen MR) is 70.4 cm³/mol. The van der Waals surface area contributed by atoms with Crippen LogP contribution in [-0.2, 0) is 4.74 Å². The molecule has 108 valence electrons. The van der Waals surface area contributed by atoms with Gasteiger partial charge in [-0.1, -0.05) is 36.4 Å². The molecule has 2 unspecified atom stereocenters. The van der Waals surface area contributed by atoms with Gasteiger partial charge in [0.15, 0.2) is 6.10 Å². The van der Waals surface area contributed by atoms with Crippen molar-refractivity contribution in [3.05, 3.63) is 48.0 Å². The van der Waals surface area contributed by atoms with E-state index in [1.165, 1.54) is 0 Å². The van der Waals surface area contributed by atoms with Gasteiger partial charge in [-0.15, -0.1) is 0 Å². The lowest BCUT2D eigenvalue weighted by molar-refractivity contribution is -0.219. The minimum atomic E-state index is -4.41. The summed E-state index contributed by atoms with van der Waals surface area (Å²) in [5, 5.41) is 11.8. The van der Waals surface area contributed by atoms with E-state index in [-0.39, 0.29) is 6.61 Å². The van der Waals surface area contributed by atoms with Crippen molar-refractivity contribution in [2.45, 2.75) is 25.3 Å². The third kappa shape index (κ3) is 3.49. The van der Waals surface area contributed by atoms with Crippen LogP contribution >= 0.6 is 0 Å². The summed E-state index contributed by atoms with van der Waals surface area (Å²) < 4.78 is 41.6. The summed E-state index contributed by atoms with van der Waals surface area (Å²) in [5.74, 6) is 0. The molecular formula is C15H15F3O2. The number of aliphatic hydroxyl groups excluding tert-OH is 1. The molecule has 0 spiro atoms. The molecule has 20 heavy (non-hydrogen) atoms.